The number of benzene rings is 2. The third-order valence-electron chi connectivity index (χ3n) is 5.85. The fourth-order valence-corrected chi connectivity index (χ4v) is 5.58. The van der Waals surface area contributed by atoms with Crippen LogP contribution in [0.25, 0.3) is 10.9 Å². The summed E-state index contributed by atoms with van der Waals surface area (Å²) in [6, 6.07) is 11.8. The molecule has 1 fully saturated rings. The molecule has 2 atom stereocenters. The lowest BCUT2D eigenvalue weighted by molar-refractivity contribution is 0.158. The maximum absolute atomic E-state index is 15.2. The van der Waals surface area contributed by atoms with E-state index in [1.807, 2.05) is 18.2 Å². The van der Waals surface area contributed by atoms with E-state index < -0.39 is 21.9 Å². The highest BCUT2D eigenvalue weighted by Gasteiger charge is 2.33. The molecule has 1 aliphatic carbocycles. The smallest absolute Gasteiger partial charge is 0.240 e. The van der Waals surface area contributed by atoms with Crippen LogP contribution in [0.1, 0.15) is 35.7 Å². The topological polar surface area (TPSA) is 83.2 Å². The average Bonchev–Trinajstić information content (AvgIpc) is 3.45. The highest BCUT2D eigenvalue weighted by atomic mass is 32.2. The van der Waals surface area contributed by atoms with Gasteiger partial charge in [-0.1, -0.05) is 24.3 Å². The molecule has 2 aromatic carbocycles. The van der Waals surface area contributed by atoms with Crippen molar-refractivity contribution in [3.8, 4) is 0 Å². The van der Waals surface area contributed by atoms with Gasteiger partial charge in [0, 0.05) is 41.4 Å². The molecular formula is C22H24FN3O3S. The summed E-state index contributed by atoms with van der Waals surface area (Å²) in [4.78, 5) is 3.39. The second-order valence-electron chi connectivity index (χ2n) is 8.10. The molecule has 0 bridgehead atoms. The molecule has 6 nitrogen and oxygen atoms in total. The zero-order chi connectivity index (χ0) is 20.9. The molecule has 1 aliphatic heterocycles. The van der Waals surface area contributed by atoms with Gasteiger partial charge in [0.15, 0.2) is 0 Å². The molecule has 0 spiro atoms. The van der Waals surface area contributed by atoms with Gasteiger partial charge in [-0.25, -0.2) is 17.5 Å². The summed E-state index contributed by atoms with van der Waals surface area (Å²) in [7, 11) is -2.06. The SMILES string of the molecule is COC[C@H]1Cc2c([nH]c3ccccc23)[C@H](c2ccc(S(=O)(=O)NC3CC3)cc2F)N1. The summed E-state index contributed by atoms with van der Waals surface area (Å²) >= 11 is 0. The number of hydrogen-bond donors (Lipinski definition) is 3. The molecule has 0 radical (unpaired) electrons. The van der Waals surface area contributed by atoms with E-state index in [2.05, 4.69) is 21.1 Å². The van der Waals surface area contributed by atoms with Crippen LogP contribution in [0.5, 0.6) is 0 Å². The van der Waals surface area contributed by atoms with E-state index in [4.69, 9.17) is 4.74 Å². The lowest BCUT2D eigenvalue weighted by Crippen LogP contribution is -2.42. The summed E-state index contributed by atoms with van der Waals surface area (Å²) in [5.41, 5.74) is 3.46. The second kappa shape index (κ2) is 7.46. The molecule has 1 aromatic heterocycles. The van der Waals surface area contributed by atoms with Gasteiger partial charge in [0.05, 0.1) is 17.5 Å². The van der Waals surface area contributed by atoms with Crippen molar-refractivity contribution >= 4 is 20.9 Å². The molecule has 5 rings (SSSR count). The Bertz CT molecular complexity index is 1200. The van der Waals surface area contributed by atoms with Crippen LogP contribution >= 0.6 is 0 Å². The molecule has 3 N–H and O–H groups in total. The quantitative estimate of drug-likeness (QED) is 0.563. The van der Waals surface area contributed by atoms with Gasteiger partial charge in [0.2, 0.25) is 10.0 Å². The number of halogens is 1. The lowest BCUT2D eigenvalue weighted by atomic mass is 9.90. The molecule has 8 heteroatoms. The number of rotatable bonds is 6. The Hall–Kier alpha value is -2.26. The van der Waals surface area contributed by atoms with Crippen LogP contribution in [-0.4, -0.2) is 39.2 Å². The van der Waals surface area contributed by atoms with Crippen molar-refractivity contribution in [2.24, 2.45) is 0 Å². The van der Waals surface area contributed by atoms with Gasteiger partial charge in [-0.3, -0.25) is 5.32 Å². The second-order valence-corrected chi connectivity index (χ2v) is 9.81. The van der Waals surface area contributed by atoms with Crippen molar-refractivity contribution in [2.45, 2.75) is 42.3 Å². The average molecular weight is 430 g/mol. The lowest BCUT2D eigenvalue weighted by Gasteiger charge is -2.31. The fraction of sp³-hybridized carbons (Fsp3) is 0.364. The van der Waals surface area contributed by atoms with Crippen molar-refractivity contribution in [3.63, 3.8) is 0 Å². The Morgan fingerprint density at radius 1 is 1.20 bits per heavy atom. The minimum absolute atomic E-state index is 0.0195. The maximum Gasteiger partial charge on any atom is 0.240 e. The summed E-state index contributed by atoms with van der Waals surface area (Å²) in [6.07, 6.45) is 2.43. The standard InChI is InChI=1S/C22H24FN3O3S/c1-29-12-14-10-18-16-4-2-3-5-20(16)25-22(18)21(24-14)17-9-8-15(11-19(17)23)30(27,28)26-13-6-7-13/h2-5,8-9,11,13-14,21,24-26H,6-7,10,12H2,1H3/t14-,21+/m1/s1. The van der Waals surface area contributed by atoms with Gasteiger partial charge >= 0.3 is 0 Å². The van der Waals surface area contributed by atoms with Crippen molar-refractivity contribution in [1.82, 2.24) is 15.0 Å². The molecule has 0 amide bonds. The normalized spacial score (nSPS) is 21.7. The molecule has 0 unspecified atom stereocenters. The molecule has 2 aliphatic rings. The van der Waals surface area contributed by atoms with Gasteiger partial charge in [-0.15, -0.1) is 0 Å². The van der Waals surface area contributed by atoms with Gasteiger partial charge in [0.1, 0.15) is 5.82 Å². The Labute approximate surface area is 174 Å². The zero-order valence-corrected chi connectivity index (χ0v) is 17.4. The molecule has 3 aromatic rings. The number of ether oxygens (including phenoxy) is 1. The van der Waals surface area contributed by atoms with Crippen LogP contribution in [0, 0.1) is 5.82 Å². The van der Waals surface area contributed by atoms with Crippen molar-refractivity contribution in [1.29, 1.82) is 0 Å². The van der Waals surface area contributed by atoms with Crippen molar-refractivity contribution < 1.29 is 17.5 Å². The van der Waals surface area contributed by atoms with Gasteiger partial charge < -0.3 is 9.72 Å². The molecule has 0 saturated heterocycles. The van der Waals surface area contributed by atoms with Crippen LogP contribution in [0.4, 0.5) is 4.39 Å². The predicted octanol–water partition coefficient (Wildman–Crippen LogP) is 3.00. The first-order valence-corrected chi connectivity index (χ1v) is 11.6. The highest BCUT2D eigenvalue weighted by Crippen LogP contribution is 2.36. The van der Waals surface area contributed by atoms with Gasteiger partial charge in [-0.05, 0) is 43.0 Å². The van der Waals surface area contributed by atoms with E-state index in [9.17, 15) is 8.42 Å². The highest BCUT2D eigenvalue weighted by molar-refractivity contribution is 7.89. The summed E-state index contributed by atoms with van der Waals surface area (Å²) in [6.45, 7) is 0.495. The Balaban J connectivity index is 1.56. The number of aromatic amines is 1. The number of para-hydroxylation sites is 1. The summed E-state index contributed by atoms with van der Waals surface area (Å²) in [5, 5.41) is 4.59. The van der Waals surface area contributed by atoms with Crippen LogP contribution in [0.15, 0.2) is 47.4 Å². The van der Waals surface area contributed by atoms with Crippen LogP contribution in [0.2, 0.25) is 0 Å². The van der Waals surface area contributed by atoms with Crippen LogP contribution in [0.3, 0.4) is 0 Å². The molecule has 158 valence electrons. The number of hydrogen-bond acceptors (Lipinski definition) is 4. The summed E-state index contributed by atoms with van der Waals surface area (Å²) < 4.78 is 48.1. The number of nitrogens with one attached hydrogen (secondary N) is 3. The van der Waals surface area contributed by atoms with E-state index >= 15 is 4.39 Å². The Kier molecular flexibility index (Phi) is 4.89. The van der Waals surface area contributed by atoms with Crippen molar-refractivity contribution in [3.05, 3.63) is 65.1 Å². The number of aromatic nitrogens is 1. The maximum atomic E-state index is 15.2. The van der Waals surface area contributed by atoms with E-state index in [1.165, 1.54) is 6.07 Å². The minimum atomic E-state index is -3.71. The number of H-pyrrole nitrogens is 1. The Morgan fingerprint density at radius 3 is 2.73 bits per heavy atom. The largest absolute Gasteiger partial charge is 0.383 e. The van der Waals surface area contributed by atoms with Crippen LogP contribution in [-0.2, 0) is 21.2 Å². The minimum Gasteiger partial charge on any atom is -0.383 e. The van der Waals surface area contributed by atoms with Crippen molar-refractivity contribution in [2.75, 3.05) is 13.7 Å². The number of methoxy groups -OCH3 is 1. The molecule has 30 heavy (non-hydrogen) atoms. The van der Waals surface area contributed by atoms with E-state index in [-0.39, 0.29) is 17.0 Å². The first-order valence-electron chi connectivity index (χ1n) is 10.1. The van der Waals surface area contributed by atoms with Gasteiger partial charge in [-0.2, -0.15) is 0 Å². The fourth-order valence-electron chi connectivity index (χ4n) is 4.26. The number of sulfonamides is 1. The van der Waals surface area contributed by atoms with E-state index in [0.717, 1.165) is 47.5 Å². The Morgan fingerprint density at radius 2 is 2.00 bits per heavy atom. The third-order valence-corrected chi connectivity index (χ3v) is 7.37. The zero-order valence-electron chi connectivity index (χ0n) is 16.6. The molecule has 1 saturated carbocycles. The monoisotopic (exact) mass is 429 g/mol. The van der Waals surface area contributed by atoms with Crippen LogP contribution < -0.4 is 10.0 Å². The molecule has 2 heterocycles. The van der Waals surface area contributed by atoms with Gasteiger partial charge in [0.25, 0.3) is 0 Å². The predicted molar refractivity (Wildman–Crippen MR) is 112 cm³/mol. The number of fused-ring (bicyclic) bond motifs is 3. The third kappa shape index (κ3) is 3.54. The first-order chi connectivity index (χ1) is 14.5. The van der Waals surface area contributed by atoms with E-state index in [1.54, 1.807) is 13.2 Å². The first kappa shape index (κ1) is 19.7. The summed E-state index contributed by atoms with van der Waals surface area (Å²) in [5.74, 6) is -0.547. The van der Waals surface area contributed by atoms with E-state index in [0.29, 0.717) is 12.2 Å². The molecular weight excluding hydrogens is 405 g/mol.